The van der Waals surface area contributed by atoms with Gasteiger partial charge in [-0.3, -0.25) is 4.98 Å². The number of hydrogen-bond acceptors (Lipinski definition) is 4. The number of rotatable bonds is 3. The third kappa shape index (κ3) is 9.63. The van der Waals surface area contributed by atoms with Gasteiger partial charge in [-0.15, -0.1) is 47.5 Å². The van der Waals surface area contributed by atoms with E-state index >= 15 is 0 Å². The van der Waals surface area contributed by atoms with Crippen LogP contribution < -0.4 is 0 Å². The molecule has 0 amide bonds. The fraction of sp³-hybridized carbons (Fsp3) is 0. The molecule has 0 aliphatic carbocycles. The van der Waals surface area contributed by atoms with Gasteiger partial charge < -0.3 is 19.9 Å². The third-order valence-corrected chi connectivity index (χ3v) is 4.37. The fourth-order valence-corrected chi connectivity index (χ4v) is 2.83. The molecule has 38 heavy (non-hydrogen) atoms. The molecule has 0 spiro atoms. The van der Waals surface area contributed by atoms with Gasteiger partial charge in [0.25, 0.3) is 0 Å². The van der Waals surface area contributed by atoms with Crippen molar-refractivity contribution in [3.05, 3.63) is 139 Å². The molecule has 0 aliphatic heterocycles. The van der Waals surface area contributed by atoms with E-state index in [1.165, 1.54) is 36.5 Å². The number of pyridine rings is 3. The number of hydrogen-bond donors (Lipinski definition) is 1. The second-order valence-corrected chi connectivity index (χ2v) is 7.08. The molecule has 0 aliphatic rings. The number of carboxylic acids is 1. The van der Waals surface area contributed by atoms with Crippen molar-refractivity contribution in [2.24, 2.45) is 0 Å². The normalized spacial score (nSPS) is 9.58. The summed E-state index contributed by atoms with van der Waals surface area (Å²) >= 11 is 0. The van der Waals surface area contributed by atoms with Crippen molar-refractivity contribution >= 4 is 5.97 Å². The summed E-state index contributed by atoms with van der Waals surface area (Å²) in [4.78, 5) is 21.1. The van der Waals surface area contributed by atoms with Crippen LogP contribution in [-0.4, -0.2) is 26.0 Å². The van der Waals surface area contributed by atoms with Crippen LogP contribution in [0.5, 0.6) is 0 Å². The second-order valence-electron chi connectivity index (χ2n) is 7.08. The first-order valence-electron chi connectivity index (χ1n) is 10.5. The summed E-state index contributed by atoms with van der Waals surface area (Å²) in [6.07, 6.45) is 9.84. The minimum atomic E-state index is -1.05. The quantitative estimate of drug-likeness (QED) is 0.150. The Labute approximate surface area is 228 Å². The second kappa shape index (κ2) is 15.1. The van der Waals surface area contributed by atoms with E-state index < -0.39 is 29.2 Å². The number of carbonyl (C=O) groups is 1. The van der Waals surface area contributed by atoms with Crippen LogP contribution in [0, 0.1) is 41.7 Å². The van der Waals surface area contributed by atoms with Gasteiger partial charge in [-0.1, -0.05) is 47.8 Å². The fourth-order valence-electron chi connectivity index (χ4n) is 2.83. The first kappa shape index (κ1) is 29.9. The maximum absolute atomic E-state index is 12.8. The minimum absolute atomic E-state index is 0. The average Bonchev–Trinajstić information content (AvgIpc) is 2.90. The molecular formula is C28H16F4N3O2Ru. The van der Waals surface area contributed by atoms with Crippen LogP contribution in [0.4, 0.5) is 17.6 Å². The summed E-state index contributed by atoms with van der Waals surface area (Å²) in [6, 6.07) is 19.0. The first-order chi connectivity index (χ1) is 17.8. The van der Waals surface area contributed by atoms with Crippen LogP contribution in [0.3, 0.4) is 0 Å². The Morgan fingerprint density at radius 2 is 1.13 bits per heavy atom. The standard InChI is InChI=1S/2C11H6F2N.C6H4NO2.Ru/c2*12-10-4-9(5-11(13)6-10)8-2-1-3-14-7-8;8-6(9)5-3-1-2-4-7-5;/h2*1-6H;1-2,4H,(H,8,9);/q3*-1;+3. The molecule has 3 heterocycles. The van der Waals surface area contributed by atoms with E-state index in [1.54, 1.807) is 42.7 Å². The van der Waals surface area contributed by atoms with Gasteiger partial charge in [0, 0.05) is 17.8 Å². The zero-order valence-corrected chi connectivity index (χ0v) is 21.0. The minimum Gasteiger partial charge on any atom is -0.533 e. The molecule has 3 aromatic heterocycles. The first-order valence-corrected chi connectivity index (χ1v) is 10.5. The summed E-state index contributed by atoms with van der Waals surface area (Å²) in [5.74, 6) is -3.44. The Morgan fingerprint density at radius 3 is 1.42 bits per heavy atom. The molecule has 0 fully saturated rings. The predicted octanol–water partition coefficient (Wildman–Crippen LogP) is 6.23. The van der Waals surface area contributed by atoms with Gasteiger partial charge in [0.2, 0.25) is 5.97 Å². The van der Waals surface area contributed by atoms with E-state index in [0.717, 1.165) is 12.1 Å². The maximum atomic E-state index is 12.8. The van der Waals surface area contributed by atoms with Crippen molar-refractivity contribution < 1.29 is 46.9 Å². The van der Waals surface area contributed by atoms with E-state index in [-0.39, 0.29) is 25.2 Å². The van der Waals surface area contributed by atoms with Gasteiger partial charge in [-0.2, -0.15) is 6.07 Å². The molecule has 191 valence electrons. The van der Waals surface area contributed by atoms with Crippen LogP contribution >= 0.6 is 0 Å². The van der Waals surface area contributed by atoms with Crippen molar-refractivity contribution in [3.8, 4) is 22.3 Å². The number of benzene rings is 2. The molecule has 0 unspecified atom stereocenters. The SMILES string of the molecule is Fc1cc(F)cc(-c2[c-]nccc2)c1.Fc1cc(F)cc(-c2[c-]nccc2)c1.O=C(O)c1[c-]cccn1.[Ru+3]. The molecule has 0 bridgehead atoms. The molecule has 10 heteroatoms. The topological polar surface area (TPSA) is 76.0 Å². The van der Waals surface area contributed by atoms with Crippen LogP contribution in [0.25, 0.3) is 22.3 Å². The number of carboxylic acid groups (broad SMARTS) is 1. The molecule has 5 nitrogen and oxygen atoms in total. The maximum Gasteiger partial charge on any atom is 3.00 e. The summed E-state index contributed by atoms with van der Waals surface area (Å²) < 4.78 is 51.4. The number of aromatic nitrogens is 3. The third-order valence-electron chi connectivity index (χ3n) is 4.37. The van der Waals surface area contributed by atoms with E-state index in [1.807, 2.05) is 0 Å². The predicted molar refractivity (Wildman–Crippen MR) is 127 cm³/mol. The molecule has 5 aromatic rings. The summed E-state index contributed by atoms with van der Waals surface area (Å²) in [6.45, 7) is 0. The van der Waals surface area contributed by atoms with Gasteiger partial charge in [0.1, 0.15) is 23.3 Å². The van der Waals surface area contributed by atoms with E-state index in [0.29, 0.717) is 22.3 Å². The van der Waals surface area contributed by atoms with Gasteiger partial charge in [-0.05, 0) is 18.6 Å². The average molecular weight is 604 g/mol. The Morgan fingerprint density at radius 1 is 0.684 bits per heavy atom. The summed E-state index contributed by atoms with van der Waals surface area (Å²) in [5.41, 5.74) is 1.99. The molecule has 0 saturated heterocycles. The van der Waals surface area contributed by atoms with Crippen LogP contribution in [0.1, 0.15) is 10.5 Å². The molecule has 0 saturated carbocycles. The van der Waals surface area contributed by atoms with E-state index in [4.69, 9.17) is 5.11 Å². The van der Waals surface area contributed by atoms with Gasteiger partial charge >= 0.3 is 19.5 Å². The molecule has 5 rings (SSSR count). The van der Waals surface area contributed by atoms with Crippen molar-refractivity contribution in [3.63, 3.8) is 0 Å². The zero-order chi connectivity index (χ0) is 26.6. The number of halogens is 4. The van der Waals surface area contributed by atoms with Gasteiger partial charge in [0.05, 0.1) is 0 Å². The number of nitrogens with zero attached hydrogens (tertiary/aromatic N) is 3. The largest absolute Gasteiger partial charge is 3.00 e. The molecular weight excluding hydrogens is 587 g/mol. The van der Waals surface area contributed by atoms with Gasteiger partial charge in [-0.25, -0.2) is 17.6 Å². The molecule has 0 atom stereocenters. The smallest absolute Gasteiger partial charge is 0.533 e. The van der Waals surface area contributed by atoms with Gasteiger partial charge in [0.15, 0.2) is 0 Å². The Bertz CT molecular complexity index is 1320. The zero-order valence-electron chi connectivity index (χ0n) is 19.2. The number of aromatic carboxylic acids is 1. The monoisotopic (exact) mass is 604 g/mol. The Balaban J connectivity index is 0.000000203. The molecule has 1 N–H and O–H groups in total. The van der Waals surface area contributed by atoms with E-state index in [9.17, 15) is 22.4 Å². The van der Waals surface area contributed by atoms with Crippen molar-refractivity contribution in [2.75, 3.05) is 0 Å². The van der Waals surface area contributed by atoms with Crippen LogP contribution in [-0.2, 0) is 19.5 Å². The van der Waals surface area contributed by atoms with Crippen LogP contribution in [0.15, 0.2) is 91.4 Å². The summed E-state index contributed by atoms with van der Waals surface area (Å²) in [5, 5.41) is 8.29. The summed E-state index contributed by atoms with van der Waals surface area (Å²) in [7, 11) is 0. The Kier molecular flexibility index (Phi) is 11.9. The van der Waals surface area contributed by atoms with Crippen molar-refractivity contribution in [1.82, 2.24) is 15.0 Å². The van der Waals surface area contributed by atoms with Crippen LogP contribution in [0.2, 0.25) is 0 Å². The Hall–Kier alpha value is -4.30. The molecule has 2 aromatic carbocycles. The van der Waals surface area contributed by atoms with Crippen molar-refractivity contribution in [2.45, 2.75) is 0 Å². The van der Waals surface area contributed by atoms with Crippen molar-refractivity contribution in [1.29, 1.82) is 0 Å². The van der Waals surface area contributed by atoms with E-state index in [2.05, 4.69) is 33.4 Å². The molecule has 1 radical (unpaired) electrons.